The molecule has 2 amide bonds. The number of anilines is 1. The van der Waals surface area contributed by atoms with Gasteiger partial charge in [0.1, 0.15) is 17.2 Å². The predicted molar refractivity (Wildman–Crippen MR) is 105 cm³/mol. The Hall–Kier alpha value is -3.15. The lowest BCUT2D eigenvalue weighted by molar-refractivity contribution is -0.0355. The third-order valence-electron chi connectivity index (χ3n) is 5.75. The van der Waals surface area contributed by atoms with Gasteiger partial charge in [-0.25, -0.2) is 9.18 Å². The SMILES string of the molecule is O=C(Nc1cccc2cnccc12)N[C@@H]1CC2(CCC2)Oc2ccc(F)cc21. The van der Waals surface area contributed by atoms with Crippen molar-refractivity contribution in [2.45, 2.75) is 37.3 Å². The van der Waals surface area contributed by atoms with Gasteiger partial charge in [-0.2, -0.15) is 0 Å². The van der Waals surface area contributed by atoms with Crippen LogP contribution in [0.2, 0.25) is 0 Å². The van der Waals surface area contributed by atoms with Crippen molar-refractivity contribution in [3.63, 3.8) is 0 Å². The highest BCUT2D eigenvalue weighted by Gasteiger charge is 2.46. The summed E-state index contributed by atoms with van der Waals surface area (Å²) in [6.45, 7) is 0. The molecule has 0 saturated heterocycles. The number of benzene rings is 2. The number of urea groups is 1. The van der Waals surface area contributed by atoms with Crippen molar-refractivity contribution in [1.29, 1.82) is 0 Å². The second-order valence-corrected chi connectivity index (χ2v) is 7.58. The van der Waals surface area contributed by atoms with Crippen LogP contribution in [0.3, 0.4) is 0 Å². The quantitative estimate of drug-likeness (QED) is 0.665. The van der Waals surface area contributed by atoms with Crippen LogP contribution in [0.4, 0.5) is 14.9 Å². The molecular formula is C22H20FN3O2. The zero-order valence-electron chi connectivity index (χ0n) is 15.2. The average Bonchev–Trinajstić information content (AvgIpc) is 2.67. The largest absolute Gasteiger partial charge is 0.487 e. The molecule has 1 aliphatic heterocycles. The second kappa shape index (κ2) is 6.48. The Morgan fingerprint density at radius 2 is 2.11 bits per heavy atom. The summed E-state index contributed by atoms with van der Waals surface area (Å²) in [5, 5.41) is 7.82. The number of rotatable bonds is 2. The lowest BCUT2D eigenvalue weighted by Crippen LogP contribution is -2.50. The number of carbonyl (C=O) groups is 1. The Labute approximate surface area is 161 Å². The minimum Gasteiger partial charge on any atom is -0.487 e. The van der Waals surface area contributed by atoms with Crippen molar-refractivity contribution in [3.8, 4) is 5.75 Å². The van der Waals surface area contributed by atoms with Gasteiger partial charge in [0, 0.05) is 35.2 Å². The van der Waals surface area contributed by atoms with E-state index in [9.17, 15) is 9.18 Å². The molecule has 0 radical (unpaired) electrons. The van der Waals surface area contributed by atoms with Crippen LogP contribution in [0.5, 0.6) is 5.75 Å². The molecule has 1 spiro atoms. The highest BCUT2D eigenvalue weighted by atomic mass is 19.1. The highest BCUT2D eigenvalue weighted by molar-refractivity contribution is 6.01. The van der Waals surface area contributed by atoms with Gasteiger partial charge in [-0.3, -0.25) is 4.98 Å². The van der Waals surface area contributed by atoms with Gasteiger partial charge in [0.15, 0.2) is 0 Å². The van der Waals surface area contributed by atoms with Gasteiger partial charge in [0.2, 0.25) is 0 Å². The number of ether oxygens (including phenoxy) is 1. The Bertz CT molecular complexity index is 1060. The maximum atomic E-state index is 13.8. The van der Waals surface area contributed by atoms with Crippen LogP contribution in [-0.4, -0.2) is 16.6 Å². The van der Waals surface area contributed by atoms with E-state index >= 15 is 0 Å². The van der Waals surface area contributed by atoms with Crippen molar-refractivity contribution >= 4 is 22.5 Å². The lowest BCUT2D eigenvalue weighted by atomic mass is 9.73. The zero-order chi connectivity index (χ0) is 19.1. The van der Waals surface area contributed by atoms with Gasteiger partial charge < -0.3 is 15.4 Å². The number of carbonyl (C=O) groups excluding carboxylic acids is 1. The summed E-state index contributed by atoms with van der Waals surface area (Å²) in [4.78, 5) is 16.9. The summed E-state index contributed by atoms with van der Waals surface area (Å²) in [5.74, 6) is 0.328. The molecule has 6 heteroatoms. The Morgan fingerprint density at radius 3 is 2.93 bits per heavy atom. The number of halogens is 1. The van der Waals surface area contributed by atoms with Crippen molar-refractivity contribution < 1.29 is 13.9 Å². The van der Waals surface area contributed by atoms with Crippen LogP contribution in [0.15, 0.2) is 54.9 Å². The van der Waals surface area contributed by atoms with Crippen LogP contribution in [-0.2, 0) is 0 Å². The molecule has 1 fully saturated rings. The van der Waals surface area contributed by atoms with Gasteiger partial charge in [-0.05, 0) is 49.6 Å². The number of nitrogens with zero attached hydrogens (tertiary/aromatic N) is 1. The van der Waals surface area contributed by atoms with E-state index in [1.165, 1.54) is 12.1 Å². The first-order valence-electron chi connectivity index (χ1n) is 9.51. The van der Waals surface area contributed by atoms with E-state index in [2.05, 4.69) is 15.6 Å². The molecule has 1 aliphatic carbocycles. The molecule has 28 heavy (non-hydrogen) atoms. The Balaban J connectivity index is 1.40. The molecule has 2 aliphatic rings. The van der Waals surface area contributed by atoms with E-state index in [0.29, 0.717) is 23.4 Å². The maximum Gasteiger partial charge on any atom is 0.319 e. The summed E-state index contributed by atoms with van der Waals surface area (Å²) in [6.07, 6.45) is 7.13. The number of hydrogen-bond acceptors (Lipinski definition) is 3. The molecule has 2 heterocycles. The van der Waals surface area contributed by atoms with E-state index < -0.39 is 0 Å². The van der Waals surface area contributed by atoms with Crippen LogP contribution in [0.1, 0.15) is 37.3 Å². The standard InChI is InChI=1S/C22H20FN3O2/c23-15-5-6-20-17(11-15)19(12-22(28-20)8-2-9-22)26-21(27)25-18-4-1-3-14-13-24-10-7-16(14)18/h1,3-7,10-11,13,19H,2,8-9,12H2,(H2,25,26,27)/t19-/m1/s1. The van der Waals surface area contributed by atoms with Crippen molar-refractivity contribution in [1.82, 2.24) is 10.3 Å². The smallest absolute Gasteiger partial charge is 0.319 e. The molecule has 5 rings (SSSR count). The summed E-state index contributed by atoms with van der Waals surface area (Å²) in [6, 6.07) is 11.4. The molecule has 1 saturated carbocycles. The second-order valence-electron chi connectivity index (χ2n) is 7.58. The fraction of sp³-hybridized carbons (Fsp3) is 0.273. The third kappa shape index (κ3) is 2.95. The highest BCUT2D eigenvalue weighted by Crippen LogP contribution is 2.48. The summed E-state index contributed by atoms with van der Waals surface area (Å²) in [7, 11) is 0. The van der Waals surface area contributed by atoms with Crippen LogP contribution in [0.25, 0.3) is 10.8 Å². The molecule has 3 aromatic rings. The first-order valence-corrected chi connectivity index (χ1v) is 9.51. The Morgan fingerprint density at radius 1 is 1.21 bits per heavy atom. The van der Waals surface area contributed by atoms with Crippen LogP contribution >= 0.6 is 0 Å². The number of amides is 2. The van der Waals surface area contributed by atoms with Gasteiger partial charge in [0.25, 0.3) is 0 Å². The van der Waals surface area contributed by atoms with Crippen LogP contribution < -0.4 is 15.4 Å². The number of pyridine rings is 1. The molecule has 0 unspecified atom stereocenters. The van der Waals surface area contributed by atoms with E-state index in [4.69, 9.17) is 4.74 Å². The third-order valence-corrected chi connectivity index (χ3v) is 5.75. The molecule has 5 nitrogen and oxygen atoms in total. The fourth-order valence-corrected chi connectivity index (χ4v) is 4.20. The molecule has 1 atom stereocenters. The Kier molecular flexibility index (Phi) is 3.93. The van der Waals surface area contributed by atoms with Crippen LogP contribution in [0, 0.1) is 5.82 Å². The van der Waals surface area contributed by atoms with Gasteiger partial charge in [-0.15, -0.1) is 0 Å². The van der Waals surface area contributed by atoms with Crippen molar-refractivity contribution in [3.05, 3.63) is 66.2 Å². The fourth-order valence-electron chi connectivity index (χ4n) is 4.20. The van der Waals surface area contributed by atoms with Crippen molar-refractivity contribution in [2.75, 3.05) is 5.32 Å². The molecule has 142 valence electrons. The molecule has 2 aromatic carbocycles. The van der Waals surface area contributed by atoms with E-state index in [-0.39, 0.29) is 23.5 Å². The number of hydrogen-bond donors (Lipinski definition) is 2. The maximum absolute atomic E-state index is 13.8. The van der Waals surface area contributed by atoms with Gasteiger partial charge in [-0.1, -0.05) is 12.1 Å². The van der Waals surface area contributed by atoms with E-state index in [1.54, 1.807) is 18.5 Å². The molecule has 2 N–H and O–H groups in total. The first-order chi connectivity index (χ1) is 13.6. The summed E-state index contributed by atoms with van der Waals surface area (Å²) < 4.78 is 20.0. The molecule has 0 bridgehead atoms. The molecular weight excluding hydrogens is 357 g/mol. The first kappa shape index (κ1) is 17.0. The monoisotopic (exact) mass is 377 g/mol. The van der Waals surface area contributed by atoms with Gasteiger partial charge >= 0.3 is 6.03 Å². The van der Waals surface area contributed by atoms with E-state index in [1.807, 2.05) is 24.3 Å². The summed E-state index contributed by atoms with van der Waals surface area (Å²) in [5.41, 5.74) is 1.16. The lowest BCUT2D eigenvalue weighted by Gasteiger charge is -2.48. The normalized spacial score (nSPS) is 19.4. The number of nitrogens with one attached hydrogen (secondary N) is 2. The average molecular weight is 377 g/mol. The van der Waals surface area contributed by atoms with E-state index in [0.717, 1.165) is 30.0 Å². The number of aromatic nitrogens is 1. The topological polar surface area (TPSA) is 63.2 Å². The predicted octanol–water partition coefficient (Wildman–Crippen LogP) is 4.94. The molecule has 1 aromatic heterocycles. The number of fused-ring (bicyclic) bond motifs is 2. The minimum atomic E-state index is -0.333. The minimum absolute atomic E-state index is 0.242. The zero-order valence-corrected chi connectivity index (χ0v) is 15.2. The van der Waals surface area contributed by atoms with Crippen molar-refractivity contribution in [2.24, 2.45) is 0 Å². The summed E-state index contributed by atoms with van der Waals surface area (Å²) >= 11 is 0. The van der Waals surface area contributed by atoms with Gasteiger partial charge in [0.05, 0.1) is 11.7 Å².